The van der Waals surface area contributed by atoms with Gasteiger partial charge in [-0.1, -0.05) is 30.3 Å². The third-order valence-electron chi connectivity index (χ3n) is 2.95. The van der Waals surface area contributed by atoms with Crippen LogP contribution >= 0.6 is 0 Å². The molecule has 0 unspecified atom stereocenters. The van der Waals surface area contributed by atoms with Crippen LogP contribution in [0.2, 0.25) is 0 Å². The molecule has 3 rings (SSSR count). The average Bonchev–Trinajstić information content (AvgIpc) is 2.90. The molecule has 1 aromatic carbocycles. The summed E-state index contributed by atoms with van der Waals surface area (Å²) in [5.41, 5.74) is 9.32. The van der Waals surface area contributed by atoms with Gasteiger partial charge in [0.2, 0.25) is 5.88 Å². The van der Waals surface area contributed by atoms with Crippen molar-refractivity contribution in [1.29, 1.82) is 0 Å². The van der Waals surface area contributed by atoms with Gasteiger partial charge in [-0.3, -0.25) is 0 Å². The summed E-state index contributed by atoms with van der Waals surface area (Å²) in [6, 6.07) is 9.96. The molecule has 0 radical (unpaired) electrons. The molecule has 0 fully saturated rings. The van der Waals surface area contributed by atoms with E-state index >= 15 is 0 Å². The molecule has 0 amide bonds. The summed E-state index contributed by atoms with van der Waals surface area (Å²) in [5, 5.41) is 0. The number of ether oxygens (including phenoxy) is 1. The van der Waals surface area contributed by atoms with Crippen LogP contribution in [-0.4, -0.2) is 15.0 Å². The molecule has 5 heteroatoms. The fourth-order valence-corrected chi connectivity index (χ4v) is 1.96. The lowest BCUT2D eigenvalue weighted by molar-refractivity contribution is 0.297. The van der Waals surface area contributed by atoms with Crippen molar-refractivity contribution >= 4 is 11.0 Å². The van der Waals surface area contributed by atoms with Gasteiger partial charge < -0.3 is 15.5 Å². The molecule has 0 aliphatic heterocycles. The van der Waals surface area contributed by atoms with Crippen molar-refractivity contribution in [2.45, 2.75) is 13.2 Å². The van der Waals surface area contributed by atoms with Gasteiger partial charge in [0.1, 0.15) is 18.5 Å². The van der Waals surface area contributed by atoms with Gasteiger partial charge in [0, 0.05) is 18.3 Å². The second-order valence-electron chi connectivity index (χ2n) is 4.19. The maximum Gasteiger partial charge on any atom is 0.241 e. The van der Waals surface area contributed by atoms with Crippen LogP contribution in [0.5, 0.6) is 5.88 Å². The molecule has 0 saturated heterocycles. The Labute approximate surface area is 110 Å². The molecule has 0 aliphatic carbocycles. The van der Waals surface area contributed by atoms with E-state index in [2.05, 4.69) is 15.0 Å². The normalized spacial score (nSPS) is 10.8. The SMILES string of the molecule is NCc1c[nH]c2c(OCc3ccccc3)ncnc12. The first-order chi connectivity index (χ1) is 9.38. The Morgan fingerprint density at radius 2 is 2.00 bits per heavy atom. The smallest absolute Gasteiger partial charge is 0.241 e. The maximum absolute atomic E-state index is 5.74. The van der Waals surface area contributed by atoms with Crippen LogP contribution in [-0.2, 0) is 13.2 Å². The molecule has 0 spiro atoms. The summed E-state index contributed by atoms with van der Waals surface area (Å²) in [6.45, 7) is 0.916. The number of hydrogen-bond acceptors (Lipinski definition) is 4. The van der Waals surface area contributed by atoms with Crippen LogP contribution in [0, 0.1) is 0 Å². The molecular formula is C14H14N4O. The standard InChI is InChI=1S/C14H14N4O/c15-6-11-7-16-13-12(11)17-9-18-14(13)19-8-10-4-2-1-3-5-10/h1-5,7,9,16H,6,8,15H2. The highest BCUT2D eigenvalue weighted by Crippen LogP contribution is 2.23. The first kappa shape index (κ1) is 11.7. The van der Waals surface area contributed by atoms with Gasteiger partial charge in [-0.2, -0.15) is 4.98 Å². The Morgan fingerprint density at radius 3 is 2.79 bits per heavy atom. The Kier molecular flexibility index (Phi) is 3.12. The highest BCUT2D eigenvalue weighted by molar-refractivity contribution is 5.82. The van der Waals surface area contributed by atoms with E-state index in [0.717, 1.165) is 22.2 Å². The molecule has 19 heavy (non-hydrogen) atoms. The molecule has 96 valence electrons. The summed E-state index contributed by atoms with van der Waals surface area (Å²) in [7, 11) is 0. The van der Waals surface area contributed by atoms with E-state index in [9.17, 15) is 0 Å². The second kappa shape index (κ2) is 5.07. The molecule has 2 heterocycles. The minimum absolute atomic E-state index is 0.440. The highest BCUT2D eigenvalue weighted by atomic mass is 16.5. The zero-order valence-corrected chi connectivity index (χ0v) is 10.3. The highest BCUT2D eigenvalue weighted by Gasteiger charge is 2.10. The first-order valence-electron chi connectivity index (χ1n) is 6.06. The predicted octanol–water partition coefficient (Wildman–Crippen LogP) is 2.00. The van der Waals surface area contributed by atoms with E-state index in [1.807, 2.05) is 36.5 Å². The van der Waals surface area contributed by atoms with Crippen molar-refractivity contribution in [2.75, 3.05) is 0 Å². The average molecular weight is 254 g/mol. The van der Waals surface area contributed by atoms with Gasteiger partial charge in [0.25, 0.3) is 0 Å². The number of fused-ring (bicyclic) bond motifs is 1. The molecule has 0 bridgehead atoms. The number of rotatable bonds is 4. The monoisotopic (exact) mass is 254 g/mol. The largest absolute Gasteiger partial charge is 0.471 e. The quantitative estimate of drug-likeness (QED) is 0.746. The fraction of sp³-hybridized carbons (Fsp3) is 0.143. The number of benzene rings is 1. The number of nitrogens with two attached hydrogens (primary N) is 1. The first-order valence-corrected chi connectivity index (χ1v) is 6.06. The van der Waals surface area contributed by atoms with E-state index in [1.54, 1.807) is 0 Å². The van der Waals surface area contributed by atoms with Crippen molar-refractivity contribution in [1.82, 2.24) is 15.0 Å². The summed E-state index contributed by atoms with van der Waals surface area (Å²) in [6.07, 6.45) is 3.34. The van der Waals surface area contributed by atoms with Crippen LogP contribution in [0.25, 0.3) is 11.0 Å². The van der Waals surface area contributed by atoms with Gasteiger partial charge in [0.15, 0.2) is 0 Å². The molecule has 2 aromatic heterocycles. The van der Waals surface area contributed by atoms with Crippen molar-refractivity contribution in [3.05, 3.63) is 54.0 Å². The number of H-pyrrole nitrogens is 1. The third-order valence-corrected chi connectivity index (χ3v) is 2.95. The molecular weight excluding hydrogens is 240 g/mol. The van der Waals surface area contributed by atoms with E-state index < -0.39 is 0 Å². The number of aromatic nitrogens is 3. The minimum atomic E-state index is 0.440. The topological polar surface area (TPSA) is 76.8 Å². The Morgan fingerprint density at radius 1 is 1.16 bits per heavy atom. The summed E-state index contributed by atoms with van der Waals surface area (Å²) >= 11 is 0. The van der Waals surface area contributed by atoms with E-state index in [-0.39, 0.29) is 0 Å². The molecule has 0 aliphatic rings. The van der Waals surface area contributed by atoms with E-state index in [0.29, 0.717) is 19.0 Å². The van der Waals surface area contributed by atoms with Crippen LogP contribution in [0.15, 0.2) is 42.9 Å². The van der Waals surface area contributed by atoms with Crippen molar-refractivity contribution in [3.63, 3.8) is 0 Å². The van der Waals surface area contributed by atoms with Gasteiger partial charge in [-0.05, 0) is 5.56 Å². The van der Waals surface area contributed by atoms with E-state index in [4.69, 9.17) is 10.5 Å². The lowest BCUT2D eigenvalue weighted by Crippen LogP contribution is -1.99. The maximum atomic E-state index is 5.74. The zero-order valence-electron chi connectivity index (χ0n) is 10.3. The van der Waals surface area contributed by atoms with Gasteiger partial charge in [-0.25, -0.2) is 4.98 Å². The van der Waals surface area contributed by atoms with Crippen LogP contribution in [0.1, 0.15) is 11.1 Å². The Balaban J connectivity index is 1.87. The van der Waals surface area contributed by atoms with Gasteiger partial charge >= 0.3 is 0 Å². The van der Waals surface area contributed by atoms with Gasteiger partial charge in [0.05, 0.1) is 5.52 Å². The zero-order chi connectivity index (χ0) is 13.1. The van der Waals surface area contributed by atoms with Crippen molar-refractivity contribution < 1.29 is 4.74 Å². The summed E-state index contributed by atoms with van der Waals surface area (Å²) in [4.78, 5) is 11.5. The predicted molar refractivity (Wildman–Crippen MR) is 72.6 cm³/mol. The van der Waals surface area contributed by atoms with Crippen LogP contribution in [0.4, 0.5) is 0 Å². The van der Waals surface area contributed by atoms with Crippen LogP contribution < -0.4 is 10.5 Å². The second-order valence-corrected chi connectivity index (χ2v) is 4.19. The fourth-order valence-electron chi connectivity index (χ4n) is 1.96. The Hall–Kier alpha value is -2.40. The molecule has 5 nitrogen and oxygen atoms in total. The Bertz CT molecular complexity index is 678. The van der Waals surface area contributed by atoms with Crippen molar-refractivity contribution in [3.8, 4) is 5.88 Å². The third kappa shape index (κ3) is 2.28. The molecule has 3 aromatic rings. The molecule has 3 N–H and O–H groups in total. The molecule has 0 atom stereocenters. The number of hydrogen-bond donors (Lipinski definition) is 2. The molecule has 0 saturated carbocycles. The minimum Gasteiger partial charge on any atom is -0.471 e. The van der Waals surface area contributed by atoms with Crippen molar-refractivity contribution in [2.24, 2.45) is 5.73 Å². The number of nitrogens with zero attached hydrogens (tertiary/aromatic N) is 2. The van der Waals surface area contributed by atoms with E-state index in [1.165, 1.54) is 6.33 Å². The summed E-state index contributed by atoms with van der Waals surface area (Å²) in [5.74, 6) is 0.550. The van der Waals surface area contributed by atoms with Gasteiger partial charge in [-0.15, -0.1) is 0 Å². The number of nitrogens with one attached hydrogen (secondary N) is 1. The lowest BCUT2D eigenvalue weighted by Gasteiger charge is -2.05. The van der Waals surface area contributed by atoms with Crippen LogP contribution in [0.3, 0.4) is 0 Å². The summed E-state index contributed by atoms with van der Waals surface area (Å²) < 4.78 is 5.74. The lowest BCUT2D eigenvalue weighted by atomic mass is 10.2. The number of aromatic amines is 1.